The van der Waals surface area contributed by atoms with Crippen molar-refractivity contribution in [2.24, 2.45) is 0 Å². The third-order valence-corrected chi connectivity index (χ3v) is 3.00. The zero-order valence-electron chi connectivity index (χ0n) is 11.0. The minimum absolute atomic E-state index is 0.0228. The molecule has 6 heteroatoms. The van der Waals surface area contributed by atoms with Crippen LogP contribution >= 0.6 is 11.6 Å². The van der Waals surface area contributed by atoms with Crippen LogP contribution in [0.25, 0.3) is 0 Å². The Bertz CT molecular complexity index is 737. The molecule has 0 unspecified atom stereocenters. The fourth-order valence-electron chi connectivity index (χ4n) is 1.71. The molecule has 2 aromatic rings. The van der Waals surface area contributed by atoms with Crippen LogP contribution in [0.4, 0.5) is 0 Å². The maximum absolute atomic E-state index is 11.2. The lowest BCUT2D eigenvalue weighted by atomic mass is 10.2. The first-order valence-corrected chi connectivity index (χ1v) is 6.22. The number of halogens is 1. The highest BCUT2D eigenvalue weighted by Crippen LogP contribution is 2.37. The second kappa shape index (κ2) is 6.16. The number of aromatic carboxylic acids is 1. The molecule has 2 aromatic carbocycles. The fraction of sp³-hybridized carbons (Fsp3) is 0.0667. The first-order valence-electron chi connectivity index (χ1n) is 5.84. The number of ether oxygens (including phenoxy) is 2. The molecule has 5 nitrogen and oxygen atoms in total. The Balaban J connectivity index is 2.48. The highest BCUT2D eigenvalue weighted by molar-refractivity contribution is 6.32. The summed E-state index contributed by atoms with van der Waals surface area (Å²) in [5, 5.41) is 18.2. The number of carbonyl (C=O) groups is 1. The summed E-state index contributed by atoms with van der Waals surface area (Å²) >= 11 is 6.00. The summed E-state index contributed by atoms with van der Waals surface area (Å²) in [5.74, 6) is -0.549. The highest BCUT2D eigenvalue weighted by Gasteiger charge is 2.17. The van der Waals surface area contributed by atoms with Crippen LogP contribution in [0.2, 0.25) is 5.02 Å². The van der Waals surface area contributed by atoms with E-state index in [-0.39, 0.29) is 22.1 Å². The van der Waals surface area contributed by atoms with Crippen molar-refractivity contribution in [2.45, 2.75) is 0 Å². The van der Waals surface area contributed by atoms with Crippen molar-refractivity contribution in [3.05, 3.63) is 52.5 Å². The van der Waals surface area contributed by atoms with Crippen LogP contribution in [0.15, 0.2) is 36.4 Å². The summed E-state index contributed by atoms with van der Waals surface area (Å²) < 4.78 is 10.7. The second-order valence-electron chi connectivity index (χ2n) is 4.00. The molecule has 0 amide bonds. The lowest BCUT2D eigenvalue weighted by Crippen LogP contribution is -2.01. The number of carboxylic acids is 1. The number of hydrogen-bond donors (Lipinski definition) is 1. The molecular formula is C15H10ClNO4. The molecular weight excluding hydrogens is 294 g/mol. The molecule has 0 aromatic heterocycles. The van der Waals surface area contributed by atoms with Crippen molar-refractivity contribution in [1.29, 1.82) is 5.26 Å². The van der Waals surface area contributed by atoms with Gasteiger partial charge in [0.25, 0.3) is 0 Å². The first kappa shape index (κ1) is 14.7. The molecule has 0 saturated heterocycles. The molecule has 0 atom stereocenters. The topological polar surface area (TPSA) is 79.5 Å². The normalized spacial score (nSPS) is 9.76. The average molecular weight is 304 g/mol. The Morgan fingerprint density at radius 1 is 1.29 bits per heavy atom. The van der Waals surface area contributed by atoms with Gasteiger partial charge >= 0.3 is 5.97 Å². The maximum Gasteiger partial charge on any atom is 0.339 e. The van der Waals surface area contributed by atoms with Gasteiger partial charge in [0.15, 0.2) is 17.2 Å². The number of rotatable bonds is 4. The van der Waals surface area contributed by atoms with Crippen molar-refractivity contribution in [3.8, 4) is 23.3 Å². The third-order valence-electron chi connectivity index (χ3n) is 2.70. The van der Waals surface area contributed by atoms with E-state index in [2.05, 4.69) is 0 Å². The predicted molar refractivity (Wildman–Crippen MR) is 76.2 cm³/mol. The largest absolute Gasteiger partial charge is 0.493 e. The van der Waals surface area contributed by atoms with E-state index < -0.39 is 5.97 Å². The summed E-state index contributed by atoms with van der Waals surface area (Å²) in [6.07, 6.45) is 0. The third kappa shape index (κ3) is 3.07. The van der Waals surface area contributed by atoms with Gasteiger partial charge in [-0.1, -0.05) is 17.7 Å². The molecule has 1 N–H and O–H groups in total. The van der Waals surface area contributed by atoms with Gasteiger partial charge in [0.05, 0.1) is 23.8 Å². The van der Waals surface area contributed by atoms with Crippen LogP contribution < -0.4 is 9.47 Å². The number of hydrogen-bond acceptors (Lipinski definition) is 4. The number of benzene rings is 2. The summed E-state index contributed by atoms with van der Waals surface area (Å²) in [6, 6.07) is 11.0. The molecule has 0 spiro atoms. The van der Waals surface area contributed by atoms with Crippen LogP contribution in [-0.4, -0.2) is 18.2 Å². The van der Waals surface area contributed by atoms with E-state index in [9.17, 15) is 4.79 Å². The predicted octanol–water partition coefficient (Wildman–Crippen LogP) is 3.71. The number of nitriles is 1. The standard InChI is InChI=1S/C15H10ClNO4/c1-20-13-7-9(8-17)5-6-12(13)21-14-10(15(18)19)3-2-4-11(14)16/h2-7H,1H3,(H,18,19). The van der Waals surface area contributed by atoms with Gasteiger partial charge in [-0.05, 0) is 24.3 Å². The van der Waals surface area contributed by atoms with E-state index in [1.54, 1.807) is 0 Å². The average Bonchev–Trinajstić information content (AvgIpc) is 2.49. The second-order valence-corrected chi connectivity index (χ2v) is 4.41. The van der Waals surface area contributed by atoms with Crippen LogP contribution in [0.1, 0.15) is 15.9 Å². The van der Waals surface area contributed by atoms with Gasteiger partial charge in [-0.3, -0.25) is 0 Å². The zero-order chi connectivity index (χ0) is 15.4. The Morgan fingerprint density at radius 2 is 2.05 bits per heavy atom. The van der Waals surface area contributed by atoms with E-state index >= 15 is 0 Å². The van der Waals surface area contributed by atoms with Crippen molar-refractivity contribution >= 4 is 17.6 Å². The molecule has 0 bridgehead atoms. The van der Waals surface area contributed by atoms with Crippen molar-refractivity contribution in [2.75, 3.05) is 7.11 Å². The first-order chi connectivity index (χ1) is 10.1. The van der Waals surface area contributed by atoms with Gasteiger partial charge < -0.3 is 14.6 Å². The minimum Gasteiger partial charge on any atom is -0.493 e. The molecule has 2 rings (SSSR count). The number of para-hydroxylation sites is 1. The SMILES string of the molecule is COc1cc(C#N)ccc1Oc1c(Cl)cccc1C(=O)O. The Labute approximate surface area is 125 Å². The number of carboxylic acid groups (broad SMARTS) is 1. The van der Waals surface area contributed by atoms with E-state index in [0.29, 0.717) is 11.3 Å². The minimum atomic E-state index is -1.15. The van der Waals surface area contributed by atoms with Crippen LogP contribution in [0.3, 0.4) is 0 Å². The van der Waals surface area contributed by atoms with Gasteiger partial charge in [-0.15, -0.1) is 0 Å². The Hall–Kier alpha value is -2.71. The van der Waals surface area contributed by atoms with E-state index in [1.807, 2.05) is 6.07 Å². The molecule has 0 fully saturated rings. The smallest absolute Gasteiger partial charge is 0.339 e. The van der Waals surface area contributed by atoms with Gasteiger partial charge in [-0.2, -0.15) is 5.26 Å². The van der Waals surface area contributed by atoms with Gasteiger partial charge in [-0.25, -0.2) is 4.79 Å². The fourth-order valence-corrected chi connectivity index (χ4v) is 1.93. The Morgan fingerprint density at radius 3 is 2.67 bits per heavy atom. The highest BCUT2D eigenvalue weighted by atomic mass is 35.5. The number of nitrogens with zero attached hydrogens (tertiary/aromatic N) is 1. The van der Waals surface area contributed by atoms with Crippen molar-refractivity contribution in [1.82, 2.24) is 0 Å². The molecule has 0 aliphatic heterocycles. The summed E-state index contributed by atoms with van der Waals surface area (Å²) in [7, 11) is 1.42. The quantitative estimate of drug-likeness (QED) is 0.931. The van der Waals surface area contributed by atoms with Gasteiger partial charge in [0.1, 0.15) is 5.56 Å². The van der Waals surface area contributed by atoms with Gasteiger partial charge in [0.2, 0.25) is 0 Å². The van der Waals surface area contributed by atoms with Crippen molar-refractivity contribution < 1.29 is 19.4 Å². The molecule has 0 radical (unpaired) electrons. The lowest BCUT2D eigenvalue weighted by Gasteiger charge is -2.13. The van der Waals surface area contributed by atoms with Crippen molar-refractivity contribution in [3.63, 3.8) is 0 Å². The molecule has 0 aliphatic rings. The molecule has 0 aliphatic carbocycles. The van der Waals surface area contributed by atoms with Crippen LogP contribution in [0, 0.1) is 11.3 Å². The zero-order valence-corrected chi connectivity index (χ0v) is 11.7. The molecule has 106 valence electrons. The van der Waals surface area contributed by atoms with E-state index in [4.69, 9.17) is 31.4 Å². The lowest BCUT2D eigenvalue weighted by molar-refractivity contribution is 0.0694. The summed E-state index contributed by atoms with van der Waals surface area (Å²) in [6.45, 7) is 0. The van der Waals surface area contributed by atoms with Gasteiger partial charge in [0, 0.05) is 6.07 Å². The molecule has 21 heavy (non-hydrogen) atoms. The van der Waals surface area contributed by atoms with Crippen LogP contribution in [-0.2, 0) is 0 Å². The van der Waals surface area contributed by atoms with E-state index in [0.717, 1.165) is 0 Å². The maximum atomic E-state index is 11.2. The molecule has 0 saturated carbocycles. The number of methoxy groups -OCH3 is 1. The molecule has 0 heterocycles. The summed E-state index contributed by atoms with van der Waals surface area (Å²) in [5.41, 5.74) is 0.339. The van der Waals surface area contributed by atoms with E-state index in [1.165, 1.54) is 43.5 Å². The Kier molecular flexibility index (Phi) is 4.31. The van der Waals surface area contributed by atoms with Crippen LogP contribution in [0.5, 0.6) is 17.2 Å². The summed E-state index contributed by atoms with van der Waals surface area (Å²) in [4.78, 5) is 11.2. The monoisotopic (exact) mass is 303 g/mol.